The summed E-state index contributed by atoms with van der Waals surface area (Å²) in [6.45, 7) is 5.03. The molecule has 4 amide bonds. The lowest BCUT2D eigenvalue weighted by Crippen LogP contribution is -2.46. The van der Waals surface area contributed by atoms with E-state index in [9.17, 15) is 19.2 Å². The van der Waals surface area contributed by atoms with E-state index in [0.29, 0.717) is 25.2 Å². The molecule has 12 nitrogen and oxygen atoms in total. The van der Waals surface area contributed by atoms with Crippen molar-refractivity contribution in [2.24, 2.45) is 23.7 Å². The molecule has 0 bridgehead atoms. The second-order valence-corrected chi connectivity index (χ2v) is 23.0. The Bertz CT molecular complexity index is 1790. The molecule has 1 saturated heterocycles. The molecule has 4 N–H and O–H groups in total. The first-order valence-corrected chi connectivity index (χ1v) is 28.1. The monoisotopic (exact) mass is 970 g/mol. The van der Waals surface area contributed by atoms with Gasteiger partial charge in [-0.25, -0.2) is 0 Å². The normalized spacial score (nSPS) is 34.5. The Morgan fingerprint density at radius 1 is 0.612 bits per heavy atom. The number of allylic oxidation sites excluding steroid dienone is 2. The van der Waals surface area contributed by atoms with Gasteiger partial charge < -0.3 is 35.6 Å². The van der Waals surface area contributed by atoms with E-state index in [1.807, 2.05) is 0 Å². The summed E-state index contributed by atoms with van der Waals surface area (Å²) in [6, 6.07) is 0.831. The number of amides is 4. The third kappa shape index (κ3) is 13.7. The number of carbonyl (C=O) groups is 4. The smallest absolute Gasteiger partial charge is 0.363 e. The van der Waals surface area contributed by atoms with Gasteiger partial charge in [0.15, 0.2) is 18.0 Å². The molecular weight excluding hydrogens is 888 g/mol. The van der Waals surface area contributed by atoms with Crippen LogP contribution in [0, 0.1) is 23.7 Å². The molecule has 0 aromatic heterocycles. The van der Waals surface area contributed by atoms with Crippen LogP contribution >= 0.6 is 23.2 Å². The fourth-order valence-corrected chi connectivity index (χ4v) is 13.8. The molecule has 67 heavy (non-hydrogen) atoms. The fraction of sp³-hybridized carbons (Fsp3) is 0.830. The fourth-order valence-electron chi connectivity index (χ4n) is 13.3. The molecule has 7 fully saturated rings. The maximum absolute atomic E-state index is 12.6. The van der Waals surface area contributed by atoms with Crippen LogP contribution in [0.2, 0.25) is 0 Å². The van der Waals surface area contributed by atoms with Crippen molar-refractivity contribution >= 4 is 52.7 Å². The van der Waals surface area contributed by atoms with Crippen LogP contribution in [0.15, 0.2) is 23.6 Å². The van der Waals surface area contributed by atoms with Gasteiger partial charge in [0.25, 0.3) is 0 Å². The van der Waals surface area contributed by atoms with Gasteiger partial charge in [0.1, 0.15) is 12.6 Å². The predicted molar refractivity (Wildman–Crippen MR) is 264 cm³/mol. The number of carbonyl (C=O) groups excluding carboxylic acids is 4. The molecule has 8 rings (SSSR count). The van der Waals surface area contributed by atoms with Crippen LogP contribution in [0.3, 0.4) is 0 Å². The lowest BCUT2D eigenvalue weighted by molar-refractivity contribution is -0.564. The topological polar surface area (TPSA) is 141 Å². The molecule has 374 valence electrons. The molecule has 14 heteroatoms. The Morgan fingerprint density at radius 3 is 1.70 bits per heavy atom. The number of nitrogens with one attached hydrogen (secondary N) is 4. The highest BCUT2D eigenvalue weighted by Gasteiger charge is 2.51. The van der Waals surface area contributed by atoms with Crippen LogP contribution in [-0.2, 0) is 28.7 Å². The maximum atomic E-state index is 12.6. The minimum atomic E-state index is -0.540. The van der Waals surface area contributed by atoms with Gasteiger partial charge in [-0.2, -0.15) is 4.58 Å². The Balaban J connectivity index is 0.886. The molecule has 6 saturated carbocycles. The molecule has 6 aliphatic carbocycles. The van der Waals surface area contributed by atoms with Gasteiger partial charge in [0.2, 0.25) is 0 Å². The molecule has 8 unspecified atom stereocenters. The van der Waals surface area contributed by atoms with Gasteiger partial charge in [-0.1, -0.05) is 51.9 Å². The minimum Gasteiger partial charge on any atom is -0.474 e. The van der Waals surface area contributed by atoms with Crippen molar-refractivity contribution in [3.8, 4) is 0 Å². The van der Waals surface area contributed by atoms with Gasteiger partial charge in [-0.3, -0.25) is 19.2 Å². The van der Waals surface area contributed by atoms with E-state index in [2.05, 4.69) is 49.8 Å². The van der Waals surface area contributed by atoms with Gasteiger partial charge in [-0.05, 0) is 145 Å². The number of unbranched alkanes of at least 4 members (excludes halogenated alkanes) is 4. The molecule has 8 aliphatic rings. The van der Waals surface area contributed by atoms with Gasteiger partial charge >= 0.3 is 29.5 Å². The van der Waals surface area contributed by atoms with Crippen LogP contribution in [0.4, 0.5) is 0 Å². The number of rotatable bonds is 17. The second kappa shape index (κ2) is 24.7. The highest BCUT2D eigenvalue weighted by atomic mass is 35.5. The molecule has 2 aliphatic heterocycles. The number of ether oxygens (including phenoxy) is 2. The third-order valence-corrected chi connectivity index (χ3v) is 18.1. The van der Waals surface area contributed by atoms with Crippen LogP contribution in [-0.4, -0.2) is 112 Å². The van der Waals surface area contributed by atoms with E-state index in [1.54, 1.807) is 0 Å². The largest absolute Gasteiger partial charge is 0.474 e. The first kappa shape index (κ1) is 50.4. The summed E-state index contributed by atoms with van der Waals surface area (Å²) >= 11 is 12.4. The Labute approximate surface area is 411 Å². The molecule has 2 heterocycles. The predicted octanol–water partition coefficient (Wildman–Crippen LogP) is 8.52. The summed E-state index contributed by atoms with van der Waals surface area (Å²) < 4.78 is 16.6. The number of hydrogen-bond donors (Lipinski definition) is 4. The summed E-state index contributed by atoms with van der Waals surface area (Å²) in [6.07, 6.45) is 33.6. The van der Waals surface area contributed by atoms with Crippen LogP contribution in [0.1, 0.15) is 180 Å². The quantitative estimate of drug-likeness (QED) is 0.0496. The van der Waals surface area contributed by atoms with Crippen molar-refractivity contribution in [2.45, 2.75) is 227 Å². The first-order chi connectivity index (χ1) is 32.6. The number of nitrogens with zero attached hydrogens (tertiary/aromatic N) is 2. The summed E-state index contributed by atoms with van der Waals surface area (Å²) in [7, 11) is 0. The molecule has 0 aromatic rings. The van der Waals surface area contributed by atoms with Crippen molar-refractivity contribution in [1.82, 2.24) is 26.2 Å². The summed E-state index contributed by atoms with van der Waals surface area (Å²) in [5.41, 5.74) is 1.22. The van der Waals surface area contributed by atoms with Crippen LogP contribution < -0.4 is 21.3 Å². The summed E-state index contributed by atoms with van der Waals surface area (Å²) in [4.78, 5) is 52.9. The zero-order valence-electron chi connectivity index (χ0n) is 40.6. The second-order valence-electron chi connectivity index (χ2n) is 21.8. The van der Waals surface area contributed by atoms with Crippen LogP contribution in [0.25, 0.3) is 0 Å². The maximum Gasteiger partial charge on any atom is 0.363 e. The Morgan fingerprint density at radius 2 is 1.13 bits per heavy atom. The van der Waals surface area contributed by atoms with Crippen molar-refractivity contribution < 1.29 is 33.2 Å². The molecule has 0 radical (unpaired) electrons. The average molecular weight is 971 g/mol. The van der Waals surface area contributed by atoms with Crippen LogP contribution in [0.5, 0.6) is 0 Å². The van der Waals surface area contributed by atoms with Crippen molar-refractivity contribution in [2.75, 3.05) is 26.2 Å². The standard InChI is InChI=1S/C53H82Cl2N6O6/c1-2-35(29-48-60(44-31-36-13-5-7-15-38(36)33-46(44)66-48)27-11-3-9-25-56-50(62)52(64)58-42-21-17-40(54)18-22-42)30-49-61(45-32-37-14-6-8-16-39(37)34-47(45)67-49)28-12-4-10-26-57-51(63)53(65)59-43-23-19-41(55)20-24-43/h29-30,36-47H,2-28,31-34H2,1H3,(H3-,56,57,58,59,62,63,64,65)/p+1. The SMILES string of the molecule is CCC(=C/C1=[N+](CCCCCNC(=O)C(=O)NC2CCC(Cl)CC2)C2CC3CCCCC3CC2O1)/C=C1/OC2CC3CCCCC3CC2N1CCCCCNC(=O)C(=O)NC1CCC(Cl)CC1. The zero-order chi connectivity index (χ0) is 46.7. The lowest BCUT2D eigenvalue weighted by atomic mass is 9.68. The highest BCUT2D eigenvalue weighted by molar-refractivity contribution is 6.35. The highest BCUT2D eigenvalue weighted by Crippen LogP contribution is 2.48. The molecular formula is C53H83Cl2N6O6+. The molecule has 8 atom stereocenters. The molecule has 0 spiro atoms. The van der Waals surface area contributed by atoms with E-state index in [0.717, 1.165) is 158 Å². The molecule has 0 aromatic carbocycles. The number of halogens is 2. The van der Waals surface area contributed by atoms with E-state index >= 15 is 0 Å². The van der Waals surface area contributed by atoms with Gasteiger partial charge in [0, 0.05) is 61.4 Å². The third-order valence-electron chi connectivity index (χ3n) is 17.2. The van der Waals surface area contributed by atoms with E-state index in [-0.39, 0.29) is 35.0 Å². The van der Waals surface area contributed by atoms with Crippen molar-refractivity contribution in [3.63, 3.8) is 0 Å². The van der Waals surface area contributed by atoms with Gasteiger partial charge in [0.05, 0.1) is 12.1 Å². The lowest BCUT2D eigenvalue weighted by Gasteiger charge is -2.42. The minimum absolute atomic E-state index is 0.0316. The first-order valence-electron chi connectivity index (χ1n) is 27.2. The van der Waals surface area contributed by atoms with E-state index in [1.165, 1.54) is 69.8 Å². The number of fused-ring (bicyclic) bond motifs is 4. The van der Waals surface area contributed by atoms with E-state index in [4.69, 9.17) is 32.7 Å². The number of hydrogen-bond acceptors (Lipinski definition) is 7. The average Bonchev–Trinajstić information content (AvgIpc) is 3.84. The van der Waals surface area contributed by atoms with Crippen molar-refractivity contribution in [1.29, 1.82) is 0 Å². The van der Waals surface area contributed by atoms with Crippen molar-refractivity contribution in [3.05, 3.63) is 23.6 Å². The summed E-state index contributed by atoms with van der Waals surface area (Å²) in [5, 5.41) is 11.9. The Kier molecular flexibility index (Phi) is 18.6. The van der Waals surface area contributed by atoms with Gasteiger partial charge in [-0.15, -0.1) is 23.2 Å². The van der Waals surface area contributed by atoms with E-state index < -0.39 is 23.6 Å². The summed E-state index contributed by atoms with van der Waals surface area (Å²) in [5.74, 6) is 2.93. The number of alkyl halides is 2. The Hall–Kier alpha value is -2.99. The zero-order valence-corrected chi connectivity index (χ0v) is 42.1.